The van der Waals surface area contributed by atoms with Gasteiger partial charge in [0.2, 0.25) is 0 Å². The molecule has 0 radical (unpaired) electrons. The van der Waals surface area contributed by atoms with Gasteiger partial charge in [0, 0.05) is 52.4 Å². The highest BCUT2D eigenvalue weighted by atomic mass is 16.3. The summed E-state index contributed by atoms with van der Waals surface area (Å²) in [6.07, 6.45) is 4.79. The van der Waals surface area contributed by atoms with E-state index in [1.165, 1.54) is 0 Å². The molecule has 0 unspecified atom stereocenters. The lowest BCUT2D eigenvalue weighted by atomic mass is 10.3. The van der Waals surface area contributed by atoms with E-state index in [1.54, 1.807) is 0 Å². The lowest BCUT2D eigenvalue weighted by Crippen LogP contribution is -2.41. The molecule has 2 N–H and O–H groups in total. The molecule has 20 heavy (non-hydrogen) atoms. The van der Waals surface area contributed by atoms with Crippen molar-refractivity contribution >= 4 is 0 Å². The maximum atomic E-state index is 9.58. The molecule has 5 nitrogen and oxygen atoms in total. The second-order valence-corrected chi connectivity index (χ2v) is 5.78. The van der Waals surface area contributed by atoms with Gasteiger partial charge in [-0.25, -0.2) is 0 Å². The molecule has 116 valence electrons. The van der Waals surface area contributed by atoms with Crippen LogP contribution in [0, 0.1) is 12.3 Å². The molecule has 0 bridgehead atoms. The average Bonchev–Trinajstić information content (AvgIpc) is 2.43. The van der Waals surface area contributed by atoms with Crippen molar-refractivity contribution in [3.05, 3.63) is 0 Å². The molecule has 1 aliphatic rings. The van der Waals surface area contributed by atoms with E-state index in [-0.39, 0.29) is 12.2 Å². The van der Waals surface area contributed by atoms with E-state index >= 15 is 0 Å². The predicted octanol–water partition coefficient (Wildman–Crippen LogP) is -0.699. The molecule has 0 spiro atoms. The summed E-state index contributed by atoms with van der Waals surface area (Å²) in [5.74, 6) is 2.71. The van der Waals surface area contributed by atoms with Crippen molar-refractivity contribution in [3.8, 4) is 12.3 Å². The Morgan fingerprint density at radius 1 is 0.850 bits per heavy atom. The number of hydrogen-bond acceptors (Lipinski definition) is 5. The van der Waals surface area contributed by atoms with Crippen molar-refractivity contribution in [2.45, 2.75) is 26.1 Å². The third kappa shape index (κ3) is 7.22. The van der Waals surface area contributed by atoms with Crippen LogP contribution in [0.25, 0.3) is 0 Å². The molecule has 1 heterocycles. The third-order valence-corrected chi connectivity index (χ3v) is 3.56. The molecule has 1 fully saturated rings. The molecule has 0 amide bonds. The van der Waals surface area contributed by atoms with Gasteiger partial charge < -0.3 is 10.2 Å². The molecule has 1 aliphatic heterocycles. The van der Waals surface area contributed by atoms with Gasteiger partial charge in [0.25, 0.3) is 0 Å². The minimum absolute atomic E-state index is 0.318. The summed E-state index contributed by atoms with van der Waals surface area (Å²) in [5.41, 5.74) is 0. The predicted molar refractivity (Wildman–Crippen MR) is 81.5 cm³/mol. The van der Waals surface area contributed by atoms with Gasteiger partial charge in [-0.1, -0.05) is 5.92 Å². The molecule has 0 aliphatic carbocycles. The summed E-state index contributed by atoms with van der Waals surface area (Å²) in [7, 11) is 0. The minimum Gasteiger partial charge on any atom is -0.392 e. The first-order valence-electron chi connectivity index (χ1n) is 7.48. The highest BCUT2D eigenvalue weighted by Gasteiger charge is 2.17. The van der Waals surface area contributed by atoms with E-state index in [1.807, 2.05) is 13.8 Å². The zero-order valence-corrected chi connectivity index (χ0v) is 12.8. The molecule has 1 rings (SSSR count). The molecule has 0 aromatic rings. The number of aliphatic hydroxyl groups is 2. The maximum Gasteiger partial charge on any atom is 0.0639 e. The SMILES string of the molecule is C#CCN1CCN(C[C@H](C)O)CCN(C[C@H](C)O)CC1. The van der Waals surface area contributed by atoms with Gasteiger partial charge in [-0.3, -0.25) is 14.7 Å². The Kier molecular flexibility index (Phi) is 8.12. The van der Waals surface area contributed by atoms with Crippen molar-refractivity contribution in [2.75, 3.05) is 58.9 Å². The van der Waals surface area contributed by atoms with E-state index in [9.17, 15) is 10.2 Å². The van der Waals surface area contributed by atoms with Gasteiger partial charge in [-0.15, -0.1) is 6.42 Å². The average molecular weight is 283 g/mol. The molecule has 2 atom stereocenters. The first-order chi connectivity index (χ1) is 9.51. The van der Waals surface area contributed by atoms with E-state index in [2.05, 4.69) is 20.6 Å². The van der Waals surface area contributed by atoms with Crippen LogP contribution in [0.4, 0.5) is 0 Å². The number of rotatable bonds is 5. The highest BCUT2D eigenvalue weighted by molar-refractivity contribution is 4.89. The third-order valence-electron chi connectivity index (χ3n) is 3.56. The molecular formula is C15H29N3O2. The van der Waals surface area contributed by atoms with Gasteiger partial charge in [0.15, 0.2) is 0 Å². The van der Waals surface area contributed by atoms with Crippen molar-refractivity contribution in [3.63, 3.8) is 0 Å². The van der Waals surface area contributed by atoms with E-state index < -0.39 is 0 Å². The van der Waals surface area contributed by atoms with Crippen molar-refractivity contribution in [1.29, 1.82) is 0 Å². The first-order valence-corrected chi connectivity index (χ1v) is 7.48. The standard InChI is InChI=1S/C15H29N3O2/c1-4-5-16-6-8-17(12-14(2)19)10-11-18(9-7-16)13-15(3)20/h1,14-15,19-20H,5-13H2,2-3H3/t14-,15-/m0/s1. The molecule has 5 heteroatoms. The van der Waals surface area contributed by atoms with Gasteiger partial charge in [-0.2, -0.15) is 0 Å². The van der Waals surface area contributed by atoms with Gasteiger partial charge in [0.05, 0.1) is 18.8 Å². The van der Waals surface area contributed by atoms with Gasteiger partial charge in [-0.05, 0) is 13.8 Å². The van der Waals surface area contributed by atoms with E-state index in [0.717, 1.165) is 39.3 Å². The summed E-state index contributed by atoms with van der Waals surface area (Å²) in [6, 6.07) is 0. The molecule has 1 saturated heterocycles. The smallest absolute Gasteiger partial charge is 0.0639 e. The van der Waals surface area contributed by atoms with Gasteiger partial charge in [0.1, 0.15) is 0 Å². The fraction of sp³-hybridized carbons (Fsp3) is 0.867. The fourth-order valence-corrected chi connectivity index (χ4v) is 2.58. The number of β-amino-alcohol motifs (C(OH)–C–C–N with tert-alkyl or cyclic N) is 2. The summed E-state index contributed by atoms with van der Waals surface area (Å²) < 4.78 is 0. The van der Waals surface area contributed by atoms with Crippen molar-refractivity contribution in [2.24, 2.45) is 0 Å². The van der Waals surface area contributed by atoms with Crippen LogP contribution >= 0.6 is 0 Å². The quantitative estimate of drug-likeness (QED) is 0.654. The summed E-state index contributed by atoms with van der Waals surface area (Å²) in [5, 5.41) is 19.2. The Balaban J connectivity index is 2.61. The summed E-state index contributed by atoms with van der Waals surface area (Å²) in [4.78, 5) is 6.80. The molecule has 0 aromatic carbocycles. The van der Waals surface area contributed by atoms with Crippen LogP contribution in [0.2, 0.25) is 0 Å². The summed E-state index contributed by atoms with van der Waals surface area (Å²) in [6.45, 7) is 11.2. The van der Waals surface area contributed by atoms with Crippen LogP contribution < -0.4 is 0 Å². The second kappa shape index (κ2) is 9.32. The lowest BCUT2D eigenvalue weighted by molar-refractivity contribution is 0.102. The Labute approximate surface area is 123 Å². The second-order valence-electron chi connectivity index (χ2n) is 5.78. The first kappa shape index (κ1) is 17.4. The van der Waals surface area contributed by atoms with E-state index in [0.29, 0.717) is 19.6 Å². The number of hydrogen-bond donors (Lipinski definition) is 2. The summed E-state index contributed by atoms with van der Waals surface area (Å²) >= 11 is 0. The van der Waals surface area contributed by atoms with Crippen LogP contribution in [-0.4, -0.2) is 96.0 Å². The van der Waals surface area contributed by atoms with Crippen LogP contribution in [0.15, 0.2) is 0 Å². The van der Waals surface area contributed by atoms with Crippen LogP contribution in [0.3, 0.4) is 0 Å². The van der Waals surface area contributed by atoms with Crippen LogP contribution in [-0.2, 0) is 0 Å². The zero-order valence-electron chi connectivity index (χ0n) is 12.8. The van der Waals surface area contributed by atoms with E-state index in [4.69, 9.17) is 6.42 Å². The number of aliphatic hydroxyl groups excluding tert-OH is 2. The van der Waals surface area contributed by atoms with Gasteiger partial charge >= 0.3 is 0 Å². The monoisotopic (exact) mass is 283 g/mol. The normalized spacial score (nSPS) is 23.4. The molecule has 0 saturated carbocycles. The highest BCUT2D eigenvalue weighted by Crippen LogP contribution is 2.02. The zero-order chi connectivity index (χ0) is 15.0. The fourth-order valence-electron chi connectivity index (χ4n) is 2.58. The molecular weight excluding hydrogens is 254 g/mol. The van der Waals surface area contributed by atoms with Crippen LogP contribution in [0.1, 0.15) is 13.8 Å². The van der Waals surface area contributed by atoms with Crippen LogP contribution in [0.5, 0.6) is 0 Å². The number of terminal acetylenes is 1. The Morgan fingerprint density at radius 2 is 1.20 bits per heavy atom. The Hall–Kier alpha value is -0.640. The largest absolute Gasteiger partial charge is 0.392 e. The number of nitrogens with zero attached hydrogens (tertiary/aromatic N) is 3. The Bertz CT molecular complexity index is 280. The van der Waals surface area contributed by atoms with Crippen molar-refractivity contribution in [1.82, 2.24) is 14.7 Å². The lowest BCUT2D eigenvalue weighted by Gasteiger charge is -2.27. The maximum absolute atomic E-state index is 9.58. The van der Waals surface area contributed by atoms with Crippen molar-refractivity contribution < 1.29 is 10.2 Å². The Morgan fingerprint density at radius 3 is 1.50 bits per heavy atom. The minimum atomic E-state index is -0.318. The topological polar surface area (TPSA) is 50.2 Å². The molecule has 0 aromatic heterocycles.